The first kappa shape index (κ1) is 21.1. The van der Waals surface area contributed by atoms with E-state index in [1.165, 1.54) is 6.08 Å². The Labute approximate surface area is 174 Å². The monoisotopic (exact) mass is 408 g/mol. The van der Waals surface area contributed by atoms with Crippen LogP contribution in [0.25, 0.3) is 17.0 Å². The molecule has 2 aromatic carbocycles. The second-order valence-corrected chi connectivity index (χ2v) is 6.45. The van der Waals surface area contributed by atoms with E-state index < -0.39 is 12.1 Å². The molecule has 0 spiro atoms. The summed E-state index contributed by atoms with van der Waals surface area (Å²) in [5.74, 6) is 1.01. The maximum Gasteiger partial charge on any atom is 0.331 e. The van der Waals surface area contributed by atoms with E-state index >= 15 is 0 Å². The lowest BCUT2D eigenvalue weighted by atomic mass is 10.2. The van der Waals surface area contributed by atoms with Crippen molar-refractivity contribution in [3.05, 3.63) is 70.3 Å². The molecule has 7 heteroatoms. The molecule has 30 heavy (non-hydrogen) atoms. The van der Waals surface area contributed by atoms with Gasteiger partial charge in [-0.2, -0.15) is 0 Å². The van der Waals surface area contributed by atoms with Gasteiger partial charge in [0.15, 0.2) is 23.4 Å². The normalized spacial score (nSPS) is 12.1. The van der Waals surface area contributed by atoms with Crippen molar-refractivity contribution < 1.29 is 19.0 Å². The molecule has 1 N–H and O–H groups in total. The van der Waals surface area contributed by atoms with Gasteiger partial charge in [0.25, 0.3) is 5.56 Å². The number of esters is 1. The molecule has 0 aliphatic rings. The van der Waals surface area contributed by atoms with Crippen LogP contribution in [0.5, 0.6) is 11.5 Å². The lowest BCUT2D eigenvalue weighted by molar-refractivity contribution is -0.142. The van der Waals surface area contributed by atoms with Gasteiger partial charge in [-0.15, -0.1) is 0 Å². The maximum atomic E-state index is 12.2. The molecule has 1 aromatic heterocycles. The minimum atomic E-state index is -0.709. The van der Waals surface area contributed by atoms with Gasteiger partial charge in [-0.1, -0.05) is 18.2 Å². The molecule has 0 fully saturated rings. The third-order valence-electron chi connectivity index (χ3n) is 4.29. The van der Waals surface area contributed by atoms with E-state index in [-0.39, 0.29) is 5.56 Å². The van der Waals surface area contributed by atoms with Crippen molar-refractivity contribution in [3.8, 4) is 11.5 Å². The molecular weight excluding hydrogens is 384 g/mol. The van der Waals surface area contributed by atoms with E-state index in [1.807, 2.05) is 19.9 Å². The molecule has 7 nitrogen and oxygen atoms in total. The van der Waals surface area contributed by atoms with Gasteiger partial charge in [-0.25, -0.2) is 9.78 Å². The summed E-state index contributed by atoms with van der Waals surface area (Å²) >= 11 is 0. The van der Waals surface area contributed by atoms with Crippen LogP contribution in [0.3, 0.4) is 0 Å². The van der Waals surface area contributed by atoms with Gasteiger partial charge in [0.2, 0.25) is 0 Å². The molecule has 0 amide bonds. The molecule has 0 unspecified atom stereocenters. The number of carbonyl (C=O) groups excluding carboxylic acids is 1. The number of nitrogens with one attached hydrogen (secondary N) is 1. The van der Waals surface area contributed by atoms with Crippen molar-refractivity contribution in [1.82, 2.24) is 9.97 Å². The third-order valence-corrected chi connectivity index (χ3v) is 4.29. The zero-order chi connectivity index (χ0) is 21.5. The minimum Gasteiger partial charge on any atom is -0.490 e. The van der Waals surface area contributed by atoms with Gasteiger partial charge in [0, 0.05) is 6.08 Å². The largest absolute Gasteiger partial charge is 0.490 e. The highest BCUT2D eigenvalue weighted by molar-refractivity contribution is 5.87. The summed E-state index contributed by atoms with van der Waals surface area (Å²) in [7, 11) is 0. The SMILES string of the molecule is CCOc1ccc(/C=C/C(=O)O[C@@H](C)c2nc3ccccc3c(=O)[nH]2)cc1OCC. The average Bonchev–Trinajstić information content (AvgIpc) is 2.74. The highest BCUT2D eigenvalue weighted by Gasteiger charge is 2.14. The topological polar surface area (TPSA) is 90.5 Å². The molecule has 0 saturated carbocycles. The number of aromatic amines is 1. The number of aromatic nitrogens is 2. The van der Waals surface area contributed by atoms with Crippen LogP contribution >= 0.6 is 0 Å². The van der Waals surface area contributed by atoms with Crippen LogP contribution in [0.1, 0.15) is 38.3 Å². The highest BCUT2D eigenvalue weighted by Crippen LogP contribution is 2.29. The van der Waals surface area contributed by atoms with Crippen LogP contribution in [0, 0.1) is 0 Å². The Kier molecular flexibility index (Phi) is 6.85. The fourth-order valence-electron chi connectivity index (χ4n) is 2.90. The Bertz CT molecular complexity index is 1120. The first-order valence-electron chi connectivity index (χ1n) is 9.79. The summed E-state index contributed by atoms with van der Waals surface area (Å²) in [5, 5.41) is 0.486. The molecule has 3 aromatic rings. The summed E-state index contributed by atoms with van der Waals surface area (Å²) in [6.45, 7) is 6.48. The standard InChI is InChI=1S/C23H24N2O5/c1-4-28-19-12-10-16(14-20(19)29-5-2)11-13-21(26)30-15(3)22-24-18-9-7-6-8-17(18)23(27)25-22/h6-15H,4-5H2,1-3H3,(H,24,25,27)/b13-11+/t15-/m0/s1. The van der Waals surface area contributed by atoms with Crippen molar-refractivity contribution in [1.29, 1.82) is 0 Å². The lowest BCUT2D eigenvalue weighted by Gasteiger charge is -2.12. The number of nitrogens with zero attached hydrogens (tertiary/aromatic N) is 1. The van der Waals surface area contributed by atoms with Gasteiger partial charge >= 0.3 is 5.97 Å². The quantitative estimate of drug-likeness (QED) is 0.447. The molecule has 0 saturated heterocycles. The van der Waals surface area contributed by atoms with E-state index in [2.05, 4.69) is 9.97 Å². The fourth-order valence-corrected chi connectivity index (χ4v) is 2.90. The Morgan fingerprint density at radius 1 is 1.10 bits per heavy atom. The summed E-state index contributed by atoms with van der Waals surface area (Å²) in [6.07, 6.45) is 2.24. The number of H-pyrrole nitrogens is 1. The third kappa shape index (κ3) is 5.05. The van der Waals surface area contributed by atoms with Crippen LogP contribution < -0.4 is 15.0 Å². The second kappa shape index (κ2) is 9.73. The van der Waals surface area contributed by atoms with Crippen molar-refractivity contribution in [2.45, 2.75) is 26.9 Å². The molecule has 0 aliphatic carbocycles. The maximum absolute atomic E-state index is 12.2. The zero-order valence-corrected chi connectivity index (χ0v) is 17.2. The Balaban J connectivity index is 1.71. The summed E-state index contributed by atoms with van der Waals surface area (Å²) in [6, 6.07) is 12.4. The van der Waals surface area contributed by atoms with E-state index in [0.717, 1.165) is 5.56 Å². The van der Waals surface area contributed by atoms with Gasteiger partial charge in [0.1, 0.15) is 0 Å². The fraction of sp³-hybridized carbons (Fsp3) is 0.261. The lowest BCUT2D eigenvalue weighted by Crippen LogP contribution is -2.16. The predicted molar refractivity (Wildman–Crippen MR) is 115 cm³/mol. The summed E-state index contributed by atoms with van der Waals surface area (Å²) in [5.41, 5.74) is 1.04. The molecule has 1 atom stereocenters. The van der Waals surface area contributed by atoms with Crippen molar-refractivity contribution in [2.24, 2.45) is 0 Å². The Morgan fingerprint density at radius 3 is 2.60 bits per heavy atom. The number of hydrogen-bond donors (Lipinski definition) is 1. The number of para-hydroxylation sites is 1. The zero-order valence-electron chi connectivity index (χ0n) is 17.2. The number of ether oxygens (including phenoxy) is 3. The van der Waals surface area contributed by atoms with Crippen molar-refractivity contribution in [3.63, 3.8) is 0 Å². The predicted octanol–water partition coefficient (Wildman–Crippen LogP) is 4.04. The second-order valence-electron chi connectivity index (χ2n) is 6.45. The van der Waals surface area contributed by atoms with Gasteiger partial charge in [0.05, 0.1) is 24.1 Å². The summed E-state index contributed by atoms with van der Waals surface area (Å²) in [4.78, 5) is 31.5. The van der Waals surface area contributed by atoms with Crippen molar-refractivity contribution in [2.75, 3.05) is 13.2 Å². The number of carbonyl (C=O) groups is 1. The number of hydrogen-bond acceptors (Lipinski definition) is 6. The smallest absolute Gasteiger partial charge is 0.331 e. The molecule has 0 aliphatic heterocycles. The van der Waals surface area contributed by atoms with Crippen LogP contribution in [0.2, 0.25) is 0 Å². The summed E-state index contributed by atoms with van der Waals surface area (Å²) < 4.78 is 16.5. The van der Waals surface area contributed by atoms with Crippen LogP contribution in [0.15, 0.2) is 53.3 Å². The first-order chi connectivity index (χ1) is 14.5. The average molecular weight is 408 g/mol. The molecule has 3 rings (SSSR count). The van der Waals surface area contributed by atoms with Crippen LogP contribution in [0.4, 0.5) is 0 Å². The molecule has 0 radical (unpaired) electrons. The van der Waals surface area contributed by atoms with E-state index in [9.17, 15) is 9.59 Å². The van der Waals surface area contributed by atoms with Crippen LogP contribution in [-0.4, -0.2) is 29.2 Å². The number of benzene rings is 2. The van der Waals surface area contributed by atoms with Gasteiger partial charge in [-0.05, 0) is 56.7 Å². The van der Waals surface area contributed by atoms with E-state index in [0.29, 0.717) is 41.4 Å². The van der Waals surface area contributed by atoms with Crippen molar-refractivity contribution >= 4 is 22.9 Å². The van der Waals surface area contributed by atoms with Gasteiger partial charge in [-0.3, -0.25) is 4.79 Å². The highest BCUT2D eigenvalue weighted by atomic mass is 16.5. The van der Waals surface area contributed by atoms with E-state index in [4.69, 9.17) is 14.2 Å². The van der Waals surface area contributed by atoms with E-state index in [1.54, 1.807) is 49.4 Å². The number of rotatable bonds is 8. The van der Waals surface area contributed by atoms with Crippen LogP contribution in [-0.2, 0) is 9.53 Å². The minimum absolute atomic E-state index is 0.271. The van der Waals surface area contributed by atoms with Gasteiger partial charge < -0.3 is 19.2 Å². The molecule has 0 bridgehead atoms. The molecule has 156 valence electrons. The molecule has 1 heterocycles. The Hall–Kier alpha value is -3.61. The Morgan fingerprint density at radius 2 is 1.83 bits per heavy atom. The first-order valence-corrected chi connectivity index (χ1v) is 9.79. The molecular formula is C23H24N2O5. The number of fused-ring (bicyclic) bond motifs is 1.